The van der Waals surface area contributed by atoms with Gasteiger partial charge in [0, 0.05) is 17.5 Å². The van der Waals surface area contributed by atoms with Crippen molar-refractivity contribution < 1.29 is 4.79 Å². The molecule has 0 spiro atoms. The van der Waals surface area contributed by atoms with E-state index >= 15 is 0 Å². The quantitative estimate of drug-likeness (QED) is 0.766. The van der Waals surface area contributed by atoms with Crippen LogP contribution in [-0.2, 0) is 11.2 Å². The Labute approximate surface area is 88.4 Å². The molecule has 1 aromatic heterocycles. The van der Waals surface area contributed by atoms with Crippen molar-refractivity contribution in [3.63, 3.8) is 0 Å². The molecular weight excluding hydrogens is 194 g/mol. The van der Waals surface area contributed by atoms with Crippen molar-refractivity contribution in [2.24, 2.45) is 11.8 Å². The van der Waals surface area contributed by atoms with Gasteiger partial charge in [0.2, 0.25) is 0 Å². The van der Waals surface area contributed by atoms with Crippen molar-refractivity contribution in [2.75, 3.05) is 0 Å². The zero-order chi connectivity index (χ0) is 9.97. The van der Waals surface area contributed by atoms with Crippen LogP contribution in [0.25, 0.3) is 0 Å². The zero-order valence-corrected chi connectivity index (χ0v) is 9.22. The van der Waals surface area contributed by atoms with Crippen LogP contribution in [0.2, 0.25) is 0 Å². The molecule has 0 saturated heterocycles. The lowest BCUT2D eigenvalue weighted by Crippen LogP contribution is -2.13. The Bertz CT molecular complexity index is 307. The molecule has 2 nitrogen and oxygen atoms in total. The molecule has 0 bridgehead atoms. The number of hydrogen-bond donors (Lipinski definition) is 0. The third-order valence-corrected chi connectivity index (χ3v) is 3.74. The van der Waals surface area contributed by atoms with Crippen LogP contribution in [-0.4, -0.2) is 10.8 Å². The average Bonchev–Trinajstić information content (AvgIpc) is 2.75. The van der Waals surface area contributed by atoms with E-state index in [-0.39, 0.29) is 0 Å². The minimum Gasteiger partial charge on any atom is -0.299 e. The topological polar surface area (TPSA) is 30.0 Å². The Balaban J connectivity index is 1.90. The Morgan fingerprint density at radius 3 is 3.07 bits per heavy atom. The predicted molar refractivity (Wildman–Crippen MR) is 57.3 cm³/mol. The molecular formula is C11H15NOS. The molecule has 0 radical (unpaired) electrons. The second-order valence-corrected chi connectivity index (χ2v) is 5.16. The third-order valence-electron chi connectivity index (χ3n) is 2.96. The number of carbonyl (C=O) groups excluding carboxylic acids is 1. The van der Waals surface area contributed by atoms with Gasteiger partial charge in [-0.05, 0) is 25.2 Å². The van der Waals surface area contributed by atoms with Gasteiger partial charge >= 0.3 is 0 Å². The smallest absolute Gasteiger partial charge is 0.142 e. The minimum atomic E-state index is 0.314. The van der Waals surface area contributed by atoms with Crippen molar-refractivity contribution in [3.05, 3.63) is 16.6 Å². The van der Waals surface area contributed by atoms with Crippen molar-refractivity contribution in [3.8, 4) is 0 Å². The van der Waals surface area contributed by atoms with Crippen molar-refractivity contribution >= 4 is 17.1 Å². The maximum absolute atomic E-state index is 11.8. The molecule has 2 rings (SSSR count). The Hall–Kier alpha value is -0.700. The highest BCUT2D eigenvalue weighted by atomic mass is 32.1. The standard InChI is InChI=1S/C11H15NOS/c1-8-2-3-9(6-8)10(13)7-11-12-4-5-14-11/h4-5,8-9H,2-3,6-7H2,1H3. The minimum absolute atomic E-state index is 0.314. The van der Waals surface area contributed by atoms with Crippen molar-refractivity contribution in [2.45, 2.75) is 32.6 Å². The van der Waals surface area contributed by atoms with E-state index in [1.54, 1.807) is 17.5 Å². The van der Waals surface area contributed by atoms with Crippen LogP contribution in [0.1, 0.15) is 31.2 Å². The number of hydrogen-bond acceptors (Lipinski definition) is 3. The Kier molecular flexibility index (Phi) is 2.96. The van der Waals surface area contributed by atoms with Crippen LogP contribution in [0.15, 0.2) is 11.6 Å². The summed E-state index contributed by atoms with van der Waals surface area (Å²) >= 11 is 1.58. The normalized spacial score (nSPS) is 26.6. The van der Waals surface area contributed by atoms with E-state index in [9.17, 15) is 4.79 Å². The number of carbonyl (C=O) groups is 1. The molecule has 1 saturated carbocycles. The first-order valence-electron chi connectivity index (χ1n) is 5.17. The van der Waals surface area contributed by atoms with E-state index in [4.69, 9.17) is 0 Å². The van der Waals surface area contributed by atoms with Gasteiger partial charge in [-0.2, -0.15) is 0 Å². The largest absolute Gasteiger partial charge is 0.299 e. The maximum Gasteiger partial charge on any atom is 0.142 e. The second-order valence-electron chi connectivity index (χ2n) is 4.18. The van der Waals surface area contributed by atoms with Gasteiger partial charge in [-0.3, -0.25) is 4.79 Å². The van der Waals surface area contributed by atoms with E-state index in [0.29, 0.717) is 18.1 Å². The molecule has 1 aliphatic carbocycles. The SMILES string of the molecule is CC1CCC(C(=O)Cc2nccs2)C1. The number of thiazole rings is 1. The lowest BCUT2D eigenvalue weighted by molar-refractivity contribution is -0.122. The van der Waals surface area contributed by atoms with E-state index in [1.165, 1.54) is 6.42 Å². The highest BCUT2D eigenvalue weighted by Gasteiger charge is 2.27. The van der Waals surface area contributed by atoms with Gasteiger partial charge in [-0.25, -0.2) is 4.98 Å². The lowest BCUT2D eigenvalue weighted by atomic mass is 9.99. The summed E-state index contributed by atoms with van der Waals surface area (Å²) in [6.45, 7) is 2.23. The molecule has 0 aliphatic heterocycles. The monoisotopic (exact) mass is 209 g/mol. The van der Waals surface area contributed by atoms with Crippen LogP contribution < -0.4 is 0 Å². The van der Waals surface area contributed by atoms with Crippen LogP contribution in [0, 0.1) is 11.8 Å². The fourth-order valence-electron chi connectivity index (χ4n) is 2.13. The summed E-state index contributed by atoms with van der Waals surface area (Å²) in [5.74, 6) is 1.44. The molecule has 3 heteroatoms. The van der Waals surface area contributed by atoms with Crippen molar-refractivity contribution in [1.29, 1.82) is 0 Å². The molecule has 14 heavy (non-hydrogen) atoms. The van der Waals surface area contributed by atoms with Gasteiger partial charge in [-0.1, -0.05) is 6.92 Å². The fourth-order valence-corrected chi connectivity index (χ4v) is 2.76. The number of aromatic nitrogens is 1. The molecule has 0 amide bonds. The van der Waals surface area contributed by atoms with Gasteiger partial charge < -0.3 is 0 Å². The van der Waals surface area contributed by atoms with Gasteiger partial charge in [0.1, 0.15) is 5.78 Å². The molecule has 76 valence electrons. The predicted octanol–water partition coefficient (Wildman–Crippen LogP) is 2.69. The Morgan fingerprint density at radius 1 is 1.64 bits per heavy atom. The molecule has 0 N–H and O–H groups in total. The number of ketones is 1. The summed E-state index contributed by atoms with van der Waals surface area (Å²) < 4.78 is 0. The van der Waals surface area contributed by atoms with Gasteiger partial charge in [-0.15, -0.1) is 11.3 Å². The zero-order valence-electron chi connectivity index (χ0n) is 8.40. The molecule has 2 atom stereocenters. The lowest BCUT2D eigenvalue weighted by Gasteiger charge is -2.06. The van der Waals surface area contributed by atoms with Crippen molar-refractivity contribution in [1.82, 2.24) is 4.98 Å². The van der Waals surface area contributed by atoms with E-state index in [0.717, 1.165) is 23.8 Å². The molecule has 1 aromatic rings. The first-order valence-corrected chi connectivity index (χ1v) is 6.04. The summed E-state index contributed by atoms with van der Waals surface area (Å²) in [4.78, 5) is 16.0. The summed E-state index contributed by atoms with van der Waals surface area (Å²) in [6, 6.07) is 0. The van der Waals surface area contributed by atoms with Gasteiger partial charge in [0.05, 0.1) is 11.4 Å². The van der Waals surface area contributed by atoms with Crippen LogP contribution in [0.5, 0.6) is 0 Å². The molecule has 1 aliphatic rings. The summed E-state index contributed by atoms with van der Waals surface area (Å²) in [7, 11) is 0. The second kappa shape index (κ2) is 4.22. The summed E-state index contributed by atoms with van der Waals surface area (Å²) in [5, 5.41) is 2.90. The van der Waals surface area contributed by atoms with E-state index < -0.39 is 0 Å². The molecule has 2 unspecified atom stereocenters. The van der Waals surface area contributed by atoms with Gasteiger partial charge in [0.25, 0.3) is 0 Å². The van der Waals surface area contributed by atoms with Crippen LogP contribution in [0.4, 0.5) is 0 Å². The number of Topliss-reactive ketones (excluding diaryl/α,β-unsaturated/α-hetero) is 1. The van der Waals surface area contributed by atoms with E-state index in [1.807, 2.05) is 5.38 Å². The summed E-state index contributed by atoms with van der Waals surface area (Å²) in [6.07, 6.45) is 5.71. The maximum atomic E-state index is 11.8. The third kappa shape index (κ3) is 2.21. The molecule has 0 aromatic carbocycles. The molecule has 1 fully saturated rings. The van der Waals surface area contributed by atoms with Crippen LogP contribution in [0.3, 0.4) is 0 Å². The number of nitrogens with zero attached hydrogens (tertiary/aromatic N) is 1. The van der Waals surface area contributed by atoms with Gasteiger partial charge in [0.15, 0.2) is 0 Å². The van der Waals surface area contributed by atoms with E-state index in [2.05, 4.69) is 11.9 Å². The first kappa shape index (κ1) is 9.84. The fraction of sp³-hybridized carbons (Fsp3) is 0.636. The number of rotatable bonds is 3. The van der Waals surface area contributed by atoms with Crippen LogP contribution >= 0.6 is 11.3 Å². The Morgan fingerprint density at radius 2 is 2.50 bits per heavy atom. The highest BCUT2D eigenvalue weighted by Crippen LogP contribution is 2.31. The average molecular weight is 209 g/mol. The summed E-state index contributed by atoms with van der Waals surface area (Å²) in [5.41, 5.74) is 0. The highest BCUT2D eigenvalue weighted by molar-refractivity contribution is 7.09. The first-order chi connectivity index (χ1) is 6.75. The molecule has 1 heterocycles.